The number of phenolic OH excluding ortho intramolecular Hbond substituents is 1. The number of hydrazine groups is 1. The monoisotopic (exact) mass is 408 g/mol. The lowest BCUT2D eigenvalue weighted by Gasteiger charge is -2.15. The van der Waals surface area contributed by atoms with Crippen LogP contribution in [0.15, 0.2) is 59.6 Å². The van der Waals surface area contributed by atoms with E-state index in [1.807, 2.05) is 24.3 Å². The van der Waals surface area contributed by atoms with Crippen molar-refractivity contribution in [3.05, 3.63) is 70.9 Å². The zero-order valence-electron chi connectivity index (χ0n) is 14.2. The van der Waals surface area contributed by atoms with Crippen LogP contribution in [0.25, 0.3) is 17.1 Å². The molecule has 1 saturated heterocycles. The Morgan fingerprint density at radius 2 is 1.86 bits per heavy atom. The van der Waals surface area contributed by atoms with E-state index in [-0.39, 0.29) is 15.6 Å². The third-order valence-electron chi connectivity index (χ3n) is 3.88. The fourth-order valence-electron chi connectivity index (χ4n) is 2.52. The minimum atomic E-state index is -0.511. The minimum Gasteiger partial charge on any atom is -0.508 e. The number of fused-ring (bicyclic) bond motifs is 1. The predicted molar refractivity (Wildman–Crippen MR) is 110 cm³/mol. The van der Waals surface area contributed by atoms with Crippen molar-refractivity contribution >= 4 is 57.2 Å². The Hall–Kier alpha value is -3.30. The summed E-state index contributed by atoms with van der Waals surface area (Å²) in [5.74, 6) is -0.915. The van der Waals surface area contributed by atoms with E-state index in [1.54, 1.807) is 12.3 Å². The van der Waals surface area contributed by atoms with Crippen molar-refractivity contribution < 1.29 is 14.7 Å². The standard InChI is InChI=1S/C19H12N4O3S2/c24-13-7-5-11(6-8-13)17(25)22-23-18(26)16(28-19(23)27)9-12-10-20-14-3-1-2-4-15(14)21-12/h1-10,24H,(H,22,25)/b16-9-. The van der Waals surface area contributed by atoms with Crippen molar-refractivity contribution in [2.75, 3.05) is 0 Å². The molecule has 1 fully saturated rings. The highest BCUT2D eigenvalue weighted by Gasteiger charge is 2.34. The molecule has 138 valence electrons. The molecule has 7 nitrogen and oxygen atoms in total. The topological polar surface area (TPSA) is 95.4 Å². The van der Waals surface area contributed by atoms with E-state index in [9.17, 15) is 14.7 Å². The van der Waals surface area contributed by atoms with Crippen LogP contribution in [0.2, 0.25) is 0 Å². The first-order valence-corrected chi connectivity index (χ1v) is 9.33. The van der Waals surface area contributed by atoms with Crippen molar-refractivity contribution in [2.24, 2.45) is 0 Å². The van der Waals surface area contributed by atoms with Crippen LogP contribution in [0, 0.1) is 0 Å². The van der Waals surface area contributed by atoms with Crippen molar-refractivity contribution in [3.63, 3.8) is 0 Å². The molecule has 0 saturated carbocycles. The quantitative estimate of drug-likeness (QED) is 0.508. The number of hydrogen-bond acceptors (Lipinski definition) is 7. The van der Waals surface area contributed by atoms with Gasteiger partial charge in [-0.2, -0.15) is 5.01 Å². The highest BCUT2D eigenvalue weighted by Crippen LogP contribution is 2.31. The van der Waals surface area contributed by atoms with Gasteiger partial charge >= 0.3 is 0 Å². The molecule has 28 heavy (non-hydrogen) atoms. The van der Waals surface area contributed by atoms with Gasteiger partial charge in [0, 0.05) is 5.56 Å². The first-order chi connectivity index (χ1) is 13.5. The highest BCUT2D eigenvalue weighted by atomic mass is 32.2. The average molecular weight is 408 g/mol. The Balaban J connectivity index is 1.55. The smallest absolute Gasteiger partial charge is 0.285 e. The van der Waals surface area contributed by atoms with Crippen LogP contribution in [-0.4, -0.2) is 36.2 Å². The van der Waals surface area contributed by atoms with Crippen LogP contribution >= 0.6 is 24.0 Å². The zero-order valence-corrected chi connectivity index (χ0v) is 15.8. The van der Waals surface area contributed by atoms with E-state index in [0.717, 1.165) is 22.3 Å². The summed E-state index contributed by atoms with van der Waals surface area (Å²) >= 11 is 6.28. The summed E-state index contributed by atoms with van der Waals surface area (Å²) in [5, 5.41) is 10.3. The van der Waals surface area contributed by atoms with Crippen LogP contribution in [0.3, 0.4) is 0 Å². The second kappa shape index (κ2) is 7.37. The van der Waals surface area contributed by atoms with Crippen molar-refractivity contribution in [1.82, 2.24) is 20.4 Å². The molecule has 3 aromatic rings. The molecule has 1 aromatic heterocycles. The fourth-order valence-corrected chi connectivity index (χ4v) is 3.68. The lowest BCUT2D eigenvalue weighted by Crippen LogP contribution is -2.44. The number of phenols is 1. The number of para-hydroxylation sites is 2. The number of aromatic hydroxyl groups is 1. The van der Waals surface area contributed by atoms with Crippen LogP contribution in [0.4, 0.5) is 0 Å². The van der Waals surface area contributed by atoms with E-state index >= 15 is 0 Å². The number of hydrogen-bond donors (Lipinski definition) is 2. The van der Waals surface area contributed by atoms with E-state index in [2.05, 4.69) is 15.4 Å². The molecule has 1 aliphatic rings. The molecule has 1 aliphatic heterocycles. The summed E-state index contributed by atoms with van der Waals surface area (Å²) in [5.41, 5.74) is 4.76. The predicted octanol–water partition coefficient (Wildman–Crippen LogP) is 2.88. The van der Waals surface area contributed by atoms with Crippen molar-refractivity contribution in [1.29, 1.82) is 0 Å². The first-order valence-electron chi connectivity index (χ1n) is 8.11. The maximum absolute atomic E-state index is 12.7. The molecule has 2 amide bonds. The molecule has 0 radical (unpaired) electrons. The van der Waals surface area contributed by atoms with E-state index in [0.29, 0.717) is 16.1 Å². The molecular weight excluding hydrogens is 396 g/mol. The van der Waals surface area contributed by atoms with Gasteiger partial charge in [0.05, 0.1) is 27.8 Å². The Kier molecular flexibility index (Phi) is 4.76. The van der Waals surface area contributed by atoms with Crippen LogP contribution in [0.1, 0.15) is 16.1 Å². The second-order valence-electron chi connectivity index (χ2n) is 5.79. The summed E-state index contributed by atoms with van der Waals surface area (Å²) in [6, 6.07) is 13.1. The number of nitrogens with one attached hydrogen (secondary N) is 1. The molecule has 2 N–H and O–H groups in total. The Morgan fingerprint density at radius 3 is 2.61 bits per heavy atom. The third-order valence-corrected chi connectivity index (χ3v) is 5.18. The molecule has 0 aliphatic carbocycles. The zero-order chi connectivity index (χ0) is 19.7. The lowest BCUT2D eigenvalue weighted by atomic mass is 10.2. The van der Waals surface area contributed by atoms with Crippen molar-refractivity contribution in [3.8, 4) is 5.75 Å². The normalized spacial score (nSPS) is 15.4. The number of carbonyl (C=O) groups is 2. The van der Waals surface area contributed by atoms with Gasteiger partial charge in [-0.15, -0.1) is 0 Å². The number of rotatable bonds is 3. The maximum atomic E-state index is 12.7. The summed E-state index contributed by atoms with van der Waals surface area (Å²) in [6.45, 7) is 0. The van der Waals surface area contributed by atoms with Gasteiger partial charge in [-0.25, -0.2) is 4.98 Å². The number of carbonyl (C=O) groups excluding carboxylic acids is 2. The molecule has 4 rings (SSSR count). The Labute approximate surface area is 169 Å². The summed E-state index contributed by atoms with van der Waals surface area (Å²) in [6.07, 6.45) is 3.16. The molecule has 0 spiro atoms. The number of benzene rings is 2. The molecule has 0 bridgehead atoms. The SMILES string of the molecule is O=C(NN1C(=O)/C(=C/c2cnc3ccccc3n2)SC1=S)c1ccc(O)cc1. The summed E-state index contributed by atoms with van der Waals surface area (Å²) in [7, 11) is 0. The number of nitrogens with zero attached hydrogens (tertiary/aromatic N) is 3. The van der Waals surface area contributed by atoms with Crippen LogP contribution in [-0.2, 0) is 4.79 Å². The third kappa shape index (κ3) is 3.57. The number of aromatic nitrogens is 2. The lowest BCUT2D eigenvalue weighted by molar-refractivity contribution is -0.123. The molecule has 9 heteroatoms. The van der Waals surface area contributed by atoms with Gasteiger partial charge in [0.2, 0.25) is 0 Å². The Morgan fingerprint density at radius 1 is 1.14 bits per heavy atom. The van der Waals surface area contributed by atoms with Gasteiger partial charge in [-0.1, -0.05) is 23.9 Å². The summed E-state index contributed by atoms with van der Waals surface area (Å²) in [4.78, 5) is 34.1. The van der Waals surface area contributed by atoms with Gasteiger partial charge in [0.25, 0.3) is 11.8 Å². The summed E-state index contributed by atoms with van der Waals surface area (Å²) < 4.78 is 0.206. The molecule has 2 heterocycles. The Bertz CT molecular complexity index is 1150. The number of amides is 2. The molecule has 0 atom stereocenters. The van der Waals surface area contributed by atoms with Crippen molar-refractivity contribution in [2.45, 2.75) is 0 Å². The second-order valence-corrected chi connectivity index (χ2v) is 7.46. The van der Waals surface area contributed by atoms with Gasteiger partial charge < -0.3 is 5.11 Å². The minimum absolute atomic E-state index is 0.0431. The van der Waals surface area contributed by atoms with E-state index in [1.165, 1.54) is 24.3 Å². The van der Waals surface area contributed by atoms with Crippen LogP contribution in [0.5, 0.6) is 5.75 Å². The van der Waals surface area contributed by atoms with Gasteiger partial charge in [-0.3, -0.25) is 20.0 Å². The molecule has 2 aromatic carbocycles. The highest BCUT2D eigenvalue weighted by molar-refractivity contribution is 8.26. The van der Waals surface area contributed by atoms with Gasteiger partial charge in [-0.05, 0) is 54.7 Å². The first kappa shape index (κ1) is 18.1. The van der Waals surface area contributed by atoms with Gasteiger partial charge in [0.1, 0.15) is 5.75 Å². The van der Waals surface area contributed by atoms with E-state index < -0.39 is 11.8 Å². The van der Waals surface area contributed by atoms with E-state index in [4.69, 9.17) is 12.2 Å². The fraction of sp³-hybridized carbons (Fsp3) is 0. The molecular formula is C19H12N4O3S2. The number of thiocarbonyl (C=S) groups is 1. The van der Waals surface area contributed by atoms with Crippen LogP contribution < -0.4 is 5.43 Å². The van der Waals surface area contributed by atoms with Gasteiger partial charge in [0.15, 0.2) is 4.32 Å². The average Bonchev–Trinajstić information content (AvgIpc) is 2.95. The molecule has 0 unspecified atom stereocenters. The number of thioether (sulfide) groups is 1. The largest absolute Gasteiger partial charge is 0.508 e. The maximum Gasteiger partial charge on any atom is 0.285 e.